The molecule has 0 atom stereocenters. The van der Waals surface area contributed by atoms with Crippen molar-refractivity contribution < 1.29 is 18.7 Å². The zero-order valence-corrected chi connectivity index (χ0v) is 17.2. The fraction of sp³-hybridized carbons (Fsp3) is 0.381. The molecule has 152 valence electrons. The average Bonchev–Trinajstić information content (AvgIpc) is 3.29. The molecular formula is C21H22FN3O3S. The Labute approximate surface area is 171 Å². The lowest BCUT2D eigenvalue weighted by molar-refractivity contribution is -0.149. The molecule has 1 aromatic carbocycles. The number of aryl methyl sites for hydroxylation is 1. The Bertz CT molecular complexity index is 1050. The molecule has 0 bridgehead atoms. The van der Waals surface area contributed by atoms with Gasteiger partial charge in [-0.3, -0.25) is 9.59 Å². The van der Waals surface area contributed by atoms with Gasteiger partial charge in [0.1, 0.15) is 10.6 Å². The highest BCUT2D eigenvalue weighted by atomic mass is 32.1. The predicted octanol–water partition coefficient (Wildman–Crippen LogP) is 3.95. The Morgan fingerprint density at radius 1 is 1.24 bits per heavy atom. The monoisotopic (exact) mass is 415 g/mol. The number of fused-ring (bicyclic) bond motifs is 1. The van der Waals surface area contributed by atoms with Crippen LogP contribution >= 0.6 is 11.3 Å². The smallest absolute Gasteiger partial charge is 0.309 e. The van der Waals surface area contributed by atoms with Gasteiger partial charge in [0.25, 0.3) is 5.91 Å². The lowest BCUT2D eigenvalue weighted by atomic mass is 9.97. The number of carbonyl (C=O) groups is 2. The number of rotatable bonds is 4. The first-order valence-corrected chi connectivity index (χ1v) is 10.5. The van der Waals surface area contributed by atoms with Crippen LogP contribution in [0.15, 0.2) is 30.3 Å². The average molecular weight is 415 g/mol. The van der Waals surface area contributed by atoms with Crippen LogP contribution in [0.4, 0.5) is 4.39 Å². The second kappa shape index (κ2) is 7.94. The number of halogens is 1. The minimum atomic E-state index is -0.304. The highest BCUT2D eigenvalue weighted by Crippen LogP contribution is 2.32. The number of ether oxygens (including phenoxy) is 1. The largest absolute Gasteiger partial charge is 0.466 e. The summed E-state index contributed by atoms with van der Waals surface area (Å²) in [5.74, 6) is -0.632. The zero-order chi connectivity index (χ0) is 20.5. The molecule has 0 unspecified atom stereocenters. The molecule has 6 nitrogen and oxygen atoms in total. The molecular weight excluding hydrogens is 393 g/mol. The molecule has 8 heteroatoms. The third-order valence-electron chi connectivity index (χ3n) is 5.23. The van der Waals surface area contributed by atoms with Gasteiger partial charge in [-0.05, 0) is 57.0 Å². The van der Waals surface area contributed by atoms with Crippen LogP contribution in [0.3, 0.4) is 0 Å². The summed E-state index contributed by atoms with van der Waals surface area (Å²) in [7, 11) is 0. The lowest BCUT2D eigenvalue weighted by Gasteiger charge is -2.30. The SMILES string of the molecule is CCOC(=O)C1CCN(C(=O)c2cc3c(C)nn(-c4ccc(F)cc4)c3s2)CC1. The van der Waals surface area contributed by atoms with Gasteiger partial charge >= 0.3 is 5.97 Å². The number of nitrogens with zero attached hydrogens (tertiary/aromatic N) is 3. The van der Waals surface area contributed by atoms with E-state index in [1.54, 1.807) is 28.6 Å². The van der Waals surface area contributed by atoms with Crippen molar-refractivity contribution in [3.05, 3.63) is 46.7 Å². The van der Waals surface area contributed by atoms with Gasteiger partial charge in [-0.2, -0.15) is 5.10 Å². The Morgan fingerprint density at radius 3 is 2.59 bits per heavy atom. The number of aromatic nitrogens is 2. The van der Waals surface area contributed by atoms with Crippen LogP contribution in [0, 0.1) is 18.7 Å². The van der Waals surface area contributed by atoms with Gasteiger partial charge in [-0.25, -0.2) is 9.07 Å². The maximum atomic E-state index is 13.3. The van der Waals surface area contributed by atoms with Crippen LogP contribution in [0.1, 0.15) is 35.1 Å². The number of likely N-dealkylation sites (tertiary alicyclic amines) is 1. The van der Waals surface area contributed by atoms with Crippen LogP contribution in [0.25, 0.3) is 15.9 Å². The van der Waals surface area contributed by atoms with Gasteiger partial charge in [0.05, 0.1) is 28.8 Å². The Hall–Kier alpha value is -2.74. The first-order chi connectivity index (χ1) is 14.0. The summed E-state index contributed by atoms with van der Waals surface area (Å²) >= 11 is 1.38. The molecule has 1 amide bonds. The molecule has 29 heavy (non-hydrogen) atoms. The van der Waals surface area contributed by atoms with Crippen LogP contribution < -0.4 is 0 Å². The van der Waals surface area contributed by atoms with E-state index in [0.29, 0.717) is 37.4 Å². The number of amides is 1. The van der Waals surface area contributed by atoms with E-state index in [0.717, 1.165) is 21.6 Å². The molecule has 2 aromatic heterocycles. The lowest BCUT2D eigenvalue weighted by Crippen LogP contribution is -2.40. The molecule has 1 fully saturated rings. The number of piperidine rings is 1. The number of thiophene rings is 1. The molecule has 1 aliphatic rings. The first kappa shape index (κ1) is 19.6. The van der Waals surface area contributed by atoms with Gasteiger partial charge in [0, 0.05) is 18.5 Å². The van der Waals surface area contributed by atoms with Gasteiger partial charge in [-0.15, -0.1) is 11.3 Å². The third kappa shape index (κ3) is 3.76. The summed E-state index contributed by atoms with van der Waals surface area (Å²) in [5.41, 5.74) is 1.57. The van der Waals surface area contributed by atoms with E-state index >= 15 is 0 Å². The van der Waals surface area contributed by atoms with E-state index in [-0.39, 0.29) is 23.6 Å². The molecule has 1 aliphatic heterocycles. The zero-order valence-electron chi connectivity index (χ0n) is 16.4. The fourth-order valence-corrected chi connectivity index (χ4v) is 4.79. The van der Waals surface area contributed by atoms with Gasteiger partial charge < -0.3 is 9.64 Å². The number of hydrogen-bond donors (Lipinski definition) is 0. The van der Waals surface area contributed by atoms with Gasteiger partial charge in [0.15, 0.2) is 0 Å². The fourth-order valence-electron chi connectivity index (χ4n) is 3.64. The van der Waals surface area contributed by atoms with E-state index in [1.807, 2.05) is 13.0 Å². The van der Waals surface area contributed by atoms with Crippen molar-refractivity contribution in [1.29, 1.82) is 0 Å². The maximum absolute atomic E-state index is 13.3. The molecule has 1 saturated heterocycles. The number of benzene rings is 1. The minimum Gasteiger partial charge on any atom is -0.466 e. The van der Waals surface area contributed by atoms with Crippen LogP contribution in [0.5, 0.6) is 0 Å². The van der Waals surface area contributed by atoms with Crippen molar-refractivity contribution in [2.75, 3.05) is 19.7 Å². The van der Waals surface area contributed by atoms with Gasteiger partial charge in [-0.1, -0.05) is 0 Å². The summed E-state index contributed by atoms with van der Waals surface area (Å²) in [6.07, 6.45) is 1.25. The molecule has 3 aromatic rings. The molecule has 0 spiro atoms. The van der Waals surface area contributed by atoms with E-state index in [4.69, 9.17) is 4.74 Å². The van der Waals surface area contributed by atoms with Crippen molar-refractivity contribution in [1.82, 2.24) is 14.7 Å². The minimum absolute atomic E-state index is 0.0291. The number of hydrogen-bond acceptors (Lipinski definition) is 5. The molecule has 0 aliphatic carbocycles. The summed E-state index contributed by atoms with van der Waals surface area (Å²) in [6, 6.07) is 8.00. The third-order valence-corrected chi connectivity index (χ3v) is 6.33. The predicted molar refractivity (Wildman–Crippen MR) is 109 cm³/mol. The normalized spacial score (nSPS) is 15.1. The molecule has 4 rings (SSSR count). The summed E-state index contributed by atoms with van der Waals surface area (Å²) in [4.78, 5) is 28.2. The Balaban J connectivity index is 1.54. The molecule has 0 radical (unpaired) electrons. The van der Waals surface area contributed by atoms with E-state index in [2.05, 4.69) is 5.10 Å². The van der Waals surface area contributed by atoms with Crippen LogP contribution in [-0.2, 0) is 9.53 Å². The van der Waals surface area contributed by atoms with E-state index < -0.39 is 0 Å². The second-order valence-corrected chi connectivity index (χ2v) is 8.15. The highest BCUT2D eigenvalue weighted by Gasteiger charge is 2.29. The summed E-state index contributed by atoms with van der Waals surface area (Å²) in [5, 5.41) is 5.46. The summed E-state index contributed by atoms with van der Waals surface area (Å²) in [6.45, 7) is 5.16. The van der Waals surface area contributed by atoms with E-state index in [9.17, 15) is 14.0 Å². The highest BCUT2D eigenvalue weighted by molar-refractivity contribution is 7.20. The number of carbonyl (C=O) groups excluding carboxylic acids is 2. The van der Waals surface area contributed by atoms with Crippen molar-refractivity contribution in [2.45, 2.75) is 26.7 Å². The van der Waals surface area contributed by atoms with Crippen molar-refractivity contribution >= 4 is 33.4 Å². The van der Waals surface area contributed by atoms with E-state index in [1.165, 1.54) is 23.5 Å². The van der Waals surface area contributed by atoms with Crippen LogP contribution in [-0.4, -0.2) is 46.3 Å². The van der Waals surface area contributed by atoms with Crippen molar-refractivity contribution in [3.63, 3.8) is 0 Å². The van der Waals surface area contributed by atoms with Gasteiger partial charge in [0.2, 0.25) is 0 Å². The first-order valence-electron chi connectivity index (χ1n) is 9.69. The molecule has 0 N–H and O–H groups in total. The molecule has 3 heterocycles. The summed E-state index contributed by atoms with van der Waals surface area (Å²) < 4.78 is 20.1. The van der Waals surface area contributed by atoms with Crippen molar-refractivity contribution in [2.24, 2.45) is 5.92 Å². The van der Waals surface area contributed by atoms with Crippen molar-refractivity contribution in [3.8, 4) is 5.69 Å². The Kier molecular flexibility index (Phi) is 5.36. The molecule has 0 saturated carbocycles. The topological polar surface area (TPSA) is 64.4 Å². The quantitative estimate of drug-likeness (QED) is 0.606. The van der Waals surface area contributed by atoms with Crippen LogP contribution in [0.2, 0.25) is 0 Å². The Morgan fingerprint density at radius 2 is 1.93 bits per heavy atom. The standard InChI is InChI=1S/C21H22FN3O3S/c1-3-28-21(27)14-8-10-24(11-9-14)19(26)18-12-17-13(2)23-25(20(17)29-18)16-6-4-15(22)5-7-16/h4-7,12,14H,3,8-11H2,1-2H3. The maximum Gasteiger partial charge on any atom is 0.309 e. The second-order valence-electron chi connectivity index (χ2n) is 7.12. The number of esters is 1.